The molecule has 0 radical (unpaired) electrons. The molecule has 3 rings (SSSR count). The van der Waals surface area contributed by atoms with Gasteiger partial charge in [0, 0.05) is 26.9 Å². The van der Waals surface area contributed by atoms with E-state index in [2.05, 4.69) is 83.8 Å². The monoisotopic (exact) mass is 412 g/mol. The van der Waals surface area contributed by atoms with Crippen LogP contribution >= 0.6 is 38.6 Å². The molecule has 0 amide bonds. The van der Waals surface area contributed by atoms with E-state index in [4.69, 9.17) is 0 Å². The Labute approximate surface area is 160 Å². The summed E-state index contributed by atoms with van der Waals surface area (Å²) in [6, 6.07) is 10.6. The highest BCUT2D eigenvalue weighted by atomic mass is 79.9. The van der Waals surface area contributed by atoms with Crippen LogP contribution in [-0.4, -0.2) is 0 Å². The largest absolute Gasteiger partial charge is 0.127 e. The van der Waals surface area contributed by atoms with E-state index in [9.17, 15) is 0 Å². The van der Waals surface area contributed by atoms with E-state index in [1.165, 1.54) is 31.6 Å². The van der Waals surface area contributed by atoms with E-state index in [0.29, 0.717) is 0 Å². The third kappa shape index (κ3) is 4.31. The lowest BCUT2D eigenvalue weighted by Gasteiger charge is -1.98. The van der Waals surface area contributed by atoms with Crippen molar-refractivity contribution in [2.24, 2.45) is 0 Å². The molecule has 0 saturated heterocycles. The van der Waals surface area contributed by atoms with Crippen molar-refractivity contribution in [3.8, 4) is 23.7 Å². The average molecular weight is 413 g/mol. The average Bonchev–Trinajstić information content (AvgIpc) is 3.07. The van der Waals surface area contributed by atoms with E-state index >= 15 is 0 Å². The van der Waals surface area contributed by atoms with Gasteiger partial charge in [-0.2, -0.15) is 0 Å². The number of thiophene rings is 2. The lowest BCUT2D eigenvalue weighted by Crippen LogP contribution is -1.84. The topological polar surface area (TPSA) is 0 Å². The fraction of sp³-hybridized carbons (Fsp3) is 0.238. The van der Waals surface area contributed by atoms with Crippen LogP contribution in [-0.2, 0) is 0 Å². The molecule has 0 aliphatic heterocycles. The molecule has 120 valence electrons. The molecule has 1 aromatic carbocycles. The minimum absolute atomic E-state index is 0.975. The highest BCUT2D eigenvalue weighted by molar-refractivity contribution is 9.11. The van der Waals surface area contributed by atoms with Crippen molar-refractivity contribution in [2.75, 3.05) is 0 Å². The number of rotatable bonds is 2. The van der Waals surface area contributed by atoms with Crippen molar-refractivity contribution >= 4 is 48.0 Å². The predicted molar refractivity (Wildman–Crippen MR) is 111 cm³/mol. The number of hydrogen-bond donors (Lipinski definition) is 0. The third-order valence-electron chi connectivity index (χ3n) is 3.61. The van der Waals surface area contributed by atoms with Gasteiger partial charge in [0.25, 0.3) is 0 Å². The predicted octanol–water partition coefficient (Wildman–Crippen LogP) is 6.98. The zero-order valence-corrected chi connectivity index (χ0v) is 16.9. The molecule has 3 aromatic rings. The lowest BCUT2D eigenvalue weighted by molar-refractivity contribution is 0.828. The molecule has 0 atom stereocenters. The molecule has 0 aliphatic carbocycles. The van der Waals surface area contributed by atoms with Crippen LogP contribution in [0.1, 0.15) is 47.8 Å². The van der Waals surface area contributed by atoms with Gasteiger partial charge in [-0.15, -0.1) is 22.7 Å². The summed E-state index contributed by atoms with van der Waals surface area (Å²) in [5.41, 5.74) is 3.34. The van der Waals surface area contributed by atoms with E-state index < -0.39 is 0 Å². The number of benzene rings is 1. The summed E-state index contributed by atoms with van der Waals surface area (Å²) in [7, 11) is 0. The van der Waals surface area contributed by atoms with Crippen LogP contribution < -0.4 is 0 Å². The van der Waals surface area contributed by atoms with Gasteiger partial charge in [-0.25, -0.2) is 0 Å². The molecule has 0 fully saturated rings. The van der Waals surface area contributed by atoms with Gasteiger partial charge >= 0.3 is 0 Å². The molecule has 2 heterocycles. The van der Waals surface area contributed by atoms with Crippen LogP contribution in [0, 0.1) is 30.6 Å². The Morgan fingerprint density at radius 2 is 1.83 bits per heavy atom. The lowest BCUT2D eigenvalue weighted by atomic mass is 10.1. The molecular formula is C21H17BrS2. The van der Waals surface area contributed by atoms with Crippen LogP contribution in [0.5, 0.6) is 0 Å². The Kier molecular flexibility index (Phi) is 5.80. The van der Waals surface area contributed by atoms with Gasteiger partial charge in [0.1, 0.15) is 0 Å². The Bertz CT molecular complexity index is 952. The van der Waals surface area contributed by atoms with Gasteiger partial charge in [0.15, 0.2) is 0 Å². The first kappa shape index (κ1) is 17.3. The Morgan fingerprint density at radius 1 is 1.00 bits per heavy atom. The quantitative estimate of drug-likeness (QED) is 0.314. The maximum absolute atomic E-state index is 3.52. The second kappa shape index (κ2) is 8.04. The Hall–Kier alpha value is -1.52. The summed E-state index contributed by atoms with van der Waals surface area (Å²) in [6.07, 6.45) is 3.34. The van der Waals surface area contributed by atoms with Gasteiger partial charge in [0.05, 0.1) is 8.66 Å². The second-order valence-corrected chi connectivity index (χ2v) is 9.12. The molecule has 2 aromatic heterocycles. The molecule has 3 heteroatoms. The summed E-state index contributed by atoms with van der Waals surface area (Å²) >= 11 is 7.03. The van der Waals surface area contributed by atoms with E-state index in [1.54, 1.807) is 22.7 Å². The molecule has 0 nitrogen and oxygen atoms in total. The van der Waals surface area contributed by atoms with Crippen molar-refractivity contribution in [1.29, 1.82) is 0 Å². The van der Waals surface area contributed by atoms with E-state index in [1.807, 2.05) is 0 Å². The third-order valence-corrected chi connectivity index (χ3v) is 6.32. The fourth-order valence-electron chi connectivity index (χ4n) is 2.31. The minimum atomic E-state index is 0.975. The maximum atomic E-state index is 3.52. The second-order valence-electron chi connectivity index (χ2n) is 5.57. The summed E-state index contributed by atoms with van der Waals surface area (Å²) in [5, 5.41) is 0. The van der Waals surface area contributed by atoms with Gasteiger partial charge in [0.2, 0.25) is 0 Å². The van der Waals surface area contributed by atoms with E-state index in [0.717, 1.165) is 22.4 Å². The van der Waals surface area contributed by atoms with Crippen LogP contribution in [0.3, 0.4) is 0 Å². The molecule has 0 bridgehead atoms. The SMILES string of the molecule is CCCCC#Cc1ccc(C#Cc2cc3sc(Br)cc3s2)c(C)c1. The first-order chi connectivity index (χ1) is 11.7. The molecule has 0 spiro atoms. The van der Waals surface area contributed by atoms with E-state index in [-0.39, 0.29) is 0 Å². The van der Waals surface area contributed by atoms with Crippen molar-refractivity contribution in [2.45, 2.75) is 33.1 Å². The van der Waals surface area contributed by atoms with Gasteiger partial charge in [-0.05, 0) is 65.2 Å². The zero-order valence-electron chi connectivity index (χ0n) is 13.7. The number of aryl methyl sites for hydroxylation is 1. The normalized spacial score (nSPS) is 10.1. The van der Waals surface area contributed by atoms with Crippen LogP contribution in [0.4, 0.5) is 0 Å². The molecular weight excluding hydrogens is 396 g/mol. The van der Waals surface area contributed by atoms with Gasteiger partial charge in [-0.3, -0.25) is 0 Å². The van der Waals surface area contributed by atoms with Gasteiger partial charge in [-0.1, -0.05) is 37.0 Å². The summed E-state index contributed by atoms with van der Waals surface area (Å²) < 4.78 is 3.77. The Morgan fingerprint density at radius 3 is 2.58 bits per heavy atom. The smallest absolute Gasteiger partial charge is 0.0793 e. The van der Waals surface area contributed by atoms with Crippen LogP contribution in [0.15, 0.2) is 34.1 Å². The number of halogens is 1. The molecule has 0 N–H and O–H groups in total. The standard InChI is InChI=1S/C21H17BrS2/c1-3-4-5-6-7-16-8-9-17(15(2)12-16)10-11-18-13-19-20(23-18)14-21(22)24-19/h8-9,12-14H,3-5H2,1-2H3. The first-order valence-electron chi connectivity index (χ1n) is 7.96. The first-order valence-corrected chi connectivity index (χ1v) is 10.4. The number of unbranched alkanes of at least 4 members (excludes halogenated alkanes) is 2. The highest BCUT2D eigenvalue weighted by Gasteiger charge is 2.03. The molecule has 0 saturated carbocycles. The van der Waals surface area contributed by atoms with Crippen molar-refractivity contribution in [1.82, 2.24) is 0 Å². The summed E-state index contributed by atoms with van der Waals surface area (Å²) in [6.45, 7) is 4.29. The molecule has 24 heavy (non-hydrogen) atoms. The maximum Gasteiger partial charge on any atom is 0.0793 e. The number of hydrogen-bond acceptors (Lipinski definition) is 2. The molecule has 0 aliphatic rings. The van der Waals surface area contributed by atoms with Crippen molar-refractivity contribution in [3.63, 3.8) is 0 Å². The summed E-state index contributed by atoms with van der Waals surface area (Å²) in [4.78, 5) is 1.12. The van der Waals surface area contributed by atoms with Crippen LogP contribution in [0.25, 0.3) is 9.40 Å². The highest BCUT2D eigenvalue weighted by Crippen LogP contribution is 2.35. The molecule has 0 unspecified atom stereocenters. The summed E-state index contributed by atoms with van der Waals surface area (Å²) in [5.74, 6) is 13.1. The van der Waals surface area contributed by atoms with Crippen molar-refractivity contribution in [3.05, 3.63) is 55.7 Å². The van der Waals surface area contributed by atoms with Crippen molar-refractivity contribution < 1.29 is 0 Å². The Balaban J connectivity index is 1.77. The minimum Gasteiger partial charge on any atom is -0.127 e. The van der Waals surface area contributed by atoms with Gasteiger partial charge < -0.3 is 0 Å². The van der Waals surface area contributed by atoms with Crippen LogP contribution in [0.2, 0.25) is 0 Å². The number of fused-ring (bicyclic) bond motifs is 1. The fourth-order valence-corrected chi connectivity index (χ4v) is 5.19. The zero-order chi connectivity index (χ0) is 16.9.